The van der Waals surface area contributed by atoms with Gasteiger partial charge in [0, 0.05) is 16.7 Å². The Hall–Kier alpha value is -3.32. The lowest BCUT2D eigenvalue weighted by molar-refractivity contribution is -0.139. The van der Waals surface area contributed by atoms with E-state index in [1.54, 1.807) is 55.7 Å². The molecule has 3 aromatic rings. The van der Waals surface area contributed by atoms with Crippen LogP contribution in [0.3, 0.4) is 0 Å². The Morgan fingerprint density at radius 2 is 2.07 bits per heavy atom. The number of rotatable bonds is 8. The van der Waals surface area contributed by atoms with Gasteiger partial charge < -0.3 is 18.7 Å². The molecule has 0 saturated carbocycles. The Morgan fingerprint density at radius 1 is 1.21 bits per heavy atom. The molecule has 0 fully saturated rings. The highest BCUT2D eigenvalue weighted by atomic mass is 35.5. The summed E-state index contributed by atoms with van der Waals surface area (Å²) in [4.78, 5) is 16.2. The fourth-order valence-electron chi connectivity index (χ4n) is 2.47. The van der Waals surface area contributed by atoms with Crippen molar-refractivity contribution in [1.82, 2.24) is 10.1 Å². The summed E-state index contributed by atoms with van der Waals surface area (Å²) in [5.74, 6) is 1.24. The number of halogens is 1. The van der Waals surface area contributed by atoms with Gasteiger partial charge in [0.1, 0.15) is 0 Å². The summed E-state index contributed by atoms with van der Waals surface area (Å²) in [6.45, 7) is 2.26. The maximum Gasteiger partial charge on any atom is 0.331 e. The van der Waals surface area contributed by atoms with Crippen molar-refractivity contribution in [1.29, 1.82) is 0 Å². The topological polar surface area (TPSA) is 83.7 Å². The molecule has 0 bridgehead atoms. The molecule has 0 atom stereocenters. The Kier molecular flexibility index (Phi) is 6.86. The molecule has 0 N–H and O–H groups in total. The minimum Gasteiger partial charge on any atom is -0.493 e. The van der Waals surface area contributed by atoms with Gasteiger partial charge in [-0.25, -0.2) is 4.79 Å². The van der Waals surface area contributed by atoms with Gasteiger partial charge in [0.05, 0.1) is 13.7 Å². The van der Waals surface area contributed by atoms with E-state index >= 15 is 0 Å². The van der Waals surface area contributed by atoms with Gasteiger partial charge in [-0.05, 0) is 42.8 Å². The van der Waals surface area contributed by atoms with Gasteiger partial charge in [-0.2, -0.15) is 4.98 Å². The second kappa shape index (κ2) is 9.75. The van der Waals surface area contributed by atoms with E-state index in [2.05, 4.69) is 10.1 Å². The van der Waals surface area contributed by atoms with E-state index in [1.807, 2.05) is 6.92 Å². The van der Waals surface area contributed by atoms with Gasteiger partial charge in [0.25, 0.3) is 5.89 Å². The van der Waals surface area contributed by atoms with E-state index in [0.29, 0.717) is 34.5 Å². The summed E-state index contributed by atoms with van der Waals surface area (Å²) in [6.07, 6.45) is 2.93. The quantitative estimate of drug-likeness (QED) is 0.394. The van der Waals surface area contributed by atoms with Crippen LogP contribution in [0.25, 0.3) is 17.5 Å². The number of methoxy groups -OCH3 is 1. The fourth-order valence-corrected chi connectivity index (χ4v) is 2.66. The molecule has 0 radical (unpaired) electrons. The third-order valence-corrected chi connectivity index (χ3v) is 4.02. The lowest BCUT2D eigenvalue weighted by Crippen LogP contribution is -2.01. The number of benzene rings is 2. The van der Waals surface area contributed by atoms with Gasteiger partial charge in [0.15, 0.2) is 18.1 Å². The van der Waals surface area contributed by atoms with E-state index in [0.717, 1.165) is 5.56 Å². The molecule has 0 amide bonds. The first-order chi connectivity index (χ1) is 14.1. The zero-order valence-electron chi connectivity index (χ0n) is 15.9. The smallest absolute Gasteiger partial charge is 0.331 e. The Morgan fingerprint density at radius 3 is 2.83 bits per heavy atom. The highest BCUT2D eigenvalue weighted by Gasteiger charge is 2.11. The Labute approximate surface area is 172 Å². The molecule has 0 saturated heterocycles. The summed E-state index contributed by atoms with van der Waals surface area (Å²) in [6, 6.07) is 12.4. The van der Waals surface area contributed by atoms with Gasteiger partial charge in [-0.3, -0.25) is 0 Å². The standard InChI is InChI=1S/C21H19ClN2O5/c1-3-27-18-11-14(7-9-17(18)26-2)8-10-20(25)28-13-19-23-21(24-29-19)15-5-4-6-16(22)12-15/h4-12H,3,13H2,1-2H3/b10-8+. The average molecular weight is 415 g/mol. The van der Waals surface area contributed by atoms with E-state index in [9.17, 15) is 4.79 Å². The number of carbonyl (C=O) groups excluding carboxylic acids is 1. The molecule has 7 nitrogen and oxygen atoms in total. The molecular formula is C21H19ClN2O5. The summed E-state index contributed by atoms with van der Waals surface area (Å²) in [5, 5.41) is 4.43. The molecule has 1 heterocycles. The number of hydrogen-bond acceptors (Lipinski definition) is 7. The Bertz CT molecular complexity index is 1020. The summed E-state index contributed by atoms with van der Waals surface area (Å²) < 4.78 is 21.0. The van der Waals surface area contributed by atoms with Crippen LogP contribution in [0.1, 0.15) is 18.4 Å². The number of esters is 1. The van der Waals surface area contributed by atoms with Crippen LogP contribution in [0.2, 0.25) is 5.02 Å². The molecule has 0 aliphatic heterocycles. The van der Waals surface area contributed by atoms with Crippen molar-refractivity contribution < 1.29 is 23.5 Å². The van der Waals surface area contributed by atoms with Crippen molar-refractivity contribution in [2.24, 2.45) is 0 Å². The van der Waals surface area contributed by atoms with Crippen LogP contribution < -0.4 is 9.47 Å². The van der Waals surface area contributed by atoms with Gasteiger partial charge >= 0.3 is 5.97 Å². The molecular weight excluding hydrogens is 396 g/mol. The van der Waals surface area contributed by atoms with E-state index in [-0.39, 0.29) is 12.5 Å². The van der Waals surface area contributed by atoms with Crippen molar-refractivity contribution >= 4 is 23.6 Å². The van der Waals surface area contributed by atoms with Gasteiger partial charge in [0.2, 0.25) is 5.82 Å². The molecule has 0 aliphatic carbocycles. The number of hydrogen-bond donors (Lipinski definition) is 0. The fraction of sp³-hybridized carbons (Fsp3) is 0.190. The van der Waals surface area contributed by atoms with Gasteiger partial charge in [-0.15, -0.1) is 0 Å². The monoisotopic (exact) mass is 414 g/mol. The largest absolute Gasteiger partial charge is 0.493 e. The minimum atomic E-state index is -0.540. The summed E-state index contributed by atoms with van der Waals surface area (Å²) in [5.41, 5.74) is 1.48. The van der Waals surface area contributed by atoms with Crippen molar-refractivity contribution in [2.75, 3.05) is 13.7 Å². The molecule has 2 aromatic carbocycles. The molecule has 0 spiro atoms. The van der Waals surface area contributed by atoms with Crippen LogP contribution >= 0.6 is 11.6 Å². The minimum absolute atomic E-state index is 0.135. The maximum absolute atomic E-state index is 12.0. The van der Waals surface area contributed by atoms with Crippen LogP contribution in [-0.2, 0) is 16.1 Å². The number of ether oxygens (including phenoxy) is 3. The van der Waals surface area contributed by atoms with Crippen LogP contribution in [-0.4, -0.2) is 29.8 Å². The second-order valence-corrected chi connectivity index (χ2v) is 6.24. The third kappa shape index (κ3) is 5.58. The number of nitrogens with zero attached hydrogens (tertiary/aromatic N) is 2. The predicted molar refractivity (Wildman–Crippen MR) is 108 cm³/mol. The van der Waals surface area contributed by atoms with Crippen molar-refractivity contribution in [3.8, 4) is 22.9 Å². The van der Waals surface area contributed by atoms with Crippen LogP contribution in [0, 0.1) is 0 Å². The molecule has 3 rings (SSSR count). The first-order valence-electron chi connectivity index (χ1n) is 8.83. The number of aromatic nitrogens is 2. The second-order valence-electron chi connectivity index (χ2n) is 5.81. The zero-order valence-corrected chi connectivity index (χ0v) is 16.7. The van der Waals surface area contributed by atoms with Crippen LogP contribution in [0.15, 0.2) is 53.1 Å². The molecule has 0 aliphatic rings. The van der Waals surface area contributed by atoms with Gasteiger partial charge in [-0.1, -0.05) is 35.0 Å². The lowest BCUT2D eigenvalue weighted by atomic mass is 10.2. The van der Waals surface area contributed by atoms with E-state index in [1.165, 1.54) is 6.08 Å². The zero-order chi connectivity index (χ0) is 20.6. The summed E-state index contributed by atoms with van der Waals surface area (Å²) in [7, 11) is 1.57. The SMILES string of the molecule is CCOc1cc(/C=C/C(=O)OCc2nc(-c3cccc(Cl)c3)no2)ccc1OC. The first kappa shape index (κ1) is 20.4. The van der Waals surface area contributed by atoms with Crippen LogP contribution in [0.4, 0.5) is 0 Å². The molecule has 1 aromatic heterocycles. The molecule has 8 heteroatoms. The highest BCUT2D eigenvalue weighted by Crippen LogP contribution is 2.28. The normalized spacial score (nSPS) is 10.9. The Balaban J connectivity index is 1.58. The third-order valence-electron chi connectivity index (χ3n) is 3.79. The van der Waals surface area contributed by atoms with Crippen molar-refractivity contribution in [3.63, 3.8) is 0 Å². The van der Waals surface area contributed by atoms with Crippen molar-refractivity contribution in [2.45, 2.75) is 13.5 Å². The van der Waals surface area contributed by atoms with E-state index < -0.39 is 5.97 Å². The summed E-state index contributed by atoms with van der Waals surface area (Å²) >= 11 is 5.96. The molecule has 29 heavy (non-hydrogen) atoms. The lowest BCUT2D eigenvalue weighted by Gasteiger charge is -2.09. The van der Waals surface area contributed by atoms with Crippen molar-refractivity contribution in [3.05, 3.63) is 65.0 Å². The first-order valence-corrected chi connectivity index (χ1v) is 9.21. The average Bonchev–Trinajstić information content (AvgIpc) is 3.20. The maximum atomic E-state index is 12.0. The molecule has 0 unspecified atom stereocenters. The number of carbonyl (C=O) groups is 1. The molecule has 150 valence electrons. The predicted octanol–water partition coefficient (Wildman–Crippen LogP) is 4.55. The van der Waals surface area contributed by atoms with E-state index in [4.69, 9.17) is 30.3 Å². The highest BCUT2D eigenvalue weighted by molar-refractivity contribution is 6.30. The van der Waals surface area contributed by atoms with Crippen LogP contribution in [0.5, 0.6) is 11.5 Å².